The van der Waals surface area contributed by atoms with Gasteiger partial charge in [0.2, 0.25) is 0 Å². The van der Waals surface area contributed by atoms with Crippen LogP contribution in [-0.4, -0.2) is 54.7 Å². The summed E-state index contributed by atoms with van der Waals surface area (Å²) in [6.45, 7) is 10.9. The smallest absolute Gasteiger partial charge is 0.194 e. The second kappa shape index (κ2) is 7.47. The third kappa shape index (κ3) is 6.28. The molecule has 0 heterocycles. The molecular weight excluding hydrogens is 379 g/mol. The van der Waals surface area contributed by atoms with Crippen LogP contribution in [0.1, 0.15) is 0 Å². The number of hydroxylamine groups is 14. The summed E-state index contributed by atoms with van der Waals surface area (Å²) < 4.78 is 5.14. The molecule has 0 bridgehead atoms. The van der Waals surface area contributed by atoms with E-state index in [4.69, 9.17) is 18.0 Å². The lowest BCUT2D eigenvalue weighted by Gasteiger charge is -2.31. The minimum absolute atomic E-state index is 0.331. The molecule has 0 aromatic heterocycles. The maximum Gasteiger partial charge on any atom is 0.194 e. The molecule has 0 aliphatic carbocycles. The van der Waals surface area contributed by atoms with Gasteiger partial charge in [-0.3, -0.25) is 0 Å². The Kier molecular flexibility index (Phi) is 7.27. The van der Waals surface area contributed by atoms with Gasteiger partial charge >= 0.3 is 0 Å². The molecule has 116 valence electrons. The molecule has 2 unspecified atom stereocenters. The molecule has 8 nitrogen and oxygen atoms in total. The highest BCUT2D eigenvalue weighted by Crippen LogP contribution is 2.21. The number of quaternary nitrogens is 3. The Balaban J connectivity index is 4.98. The SMILES string of the molecule is C=CN(C)O[N+](C)(C=C)O[N+](C)(C)O[N+](C)(C=C)OI. The number of hydrogen-bond donors (Lipinski definition) is 0. The molecule has 9 heteroatoms. The van der Waals surface area contributed by atoms with Crippen LogP contribution in [0.2, 0.25) is 0 Å². The van der Waals surface area contributed by atoms with Gasteiger partial charge in [0.25, 0.3) is 0 Å². The lowest BCUT2D eigenvalue weighted by molar-refractivity contribution is -1.52. The molecule has 20 heavy (non-hydrogen) atoms. The average Bonchev–Trinajstić information content (AvgIpc) is 2.36. The van der Waals surface area contributed by atoms with Crippen molar-refractivity contribution < 1.29 is 32.4 Å². The molecule has 0 aliphatic rings. The van der Waals surface area contributed by atoms with Gasteiger partial charge in [-0.15, -0.1) is 0 Å². The Morgan fingerprint density at radius 1 is 0.950 bits per heavy atom. The highest BCUT2D eigenvalue weighted by Gasteiger charge is 2.45. The molecule has 0 rings (SSSR count). The van der Waals surface area contributed by atoms with Crippen LogP contribution in [0.15, 0.2) is 38.3 Å². The average molecular weight is 403 g/mol. The van der Waals surface area contributed by atoms with E-state index in [0.717, 1.165) is 0 Å². The number of rotatable bonds is 10. The van der Waals surface area contributed by atoms with Crippen LogP contribution >= 0.6 is 23.0 Å². The molecule has 0 fully saturated rings. The van der Waals surface area contributed by atoms with Gasteiger partial charge in [-0.1, -0.05) is 9.75 Å². The molecule has 0 spiro atoms. The van der Waals surface area contributed by atoms with Crippen LogP contribution in [0.5, 0.6) is 0 Å². The zero-order valence-corrected chi connectivity index (χ0v) is 14.8. The Morgan fingerprint density at radius 3 is 1.75 bits per heavy atom. The van der Waals surface area contributed by atoms with Gasteiger partial charge in [-0.25, -0.2) is 5.06 Å². The first-order valence-electron chi connectivity index (χ1n) is 5.67. The first-order chi connectivity index (χ1) is 9.05. The van der Waals surface area contributed by atoms with E-state index < -0.39 is 4.81 Å². The van der Waals surface area contributed by atoms with E-state index in [1.165, 1.54) is 23.7 Å². The van der Waals surface area contributed by atoms with E-state index >= 15 is 0 Å². The van der Waals surface area contributed by atoms with E-state index in [-0.39, 0.29) is 9.62 Å². The van der Waals surface area contributed by atoms with Crippen molar-refractivity contribution in [2.24, 2.45) is 0 Å². The summed E-state index contributed by atoms with van der Waals surface area (Å²) in [7, 11) is 8.28. The Labute approximate surface area is 134 Å². The van der Waals surface area contributed by atoms with Crippen LogP contribution in [0, 0.1) is 0 Å². The number of halogens is 1. The Hall–Kier alpha value is -0.530. The maximum absolute atomic E-state index is 5.72. The molecule has 0 amide bonds. The summed E-state index contributed by atoms with van der Waals surface area (Å²) in [4.78, 5) is 15.8. The van der Waals surface area contributed by atoms with E-state index in [0.29, 0.717) is 0 Å². The fourth-order valence-corrected chi connectivity index (χ4v) is 1.47. The van der Waals surface area contributed by atoms with Crippen molar-refractivity contribution in [1.82, 2.24) is 5.06 Å². The van der Waals surface area contributed by atoms with Crippen molar-refractivity contribution in [3.63, 3.8) is 0 Å². The van der Waals surface area contributed by atoms with Crippen LogP contribution in [0.4, 0.5) is 0 Å². The second-order valence-electron chi connectivity index (χ2n) is 4.48. The standard InChI is InChI=1S/C11H24IN4O4/c1-9-13(4)18-16(8,11-3)20-14(5,6)19-15(7,10-2)17-12/h9-11H,1-3H2,4-8H3/q+3. The molecule has 0 saturated heterocycles. The highest BCUT2D eigenvalue weighted by molar-refractivity contribution is 14.1. The van der Waals surface area contributed by atoms with Crippen molar-refractivity contribution >= 4 is 23.0 Å². The van der Waals surface area contributed by atoms with Gasteiger partial charge in [0.1, 0.15) is 28.2 Å². The first-order valence-corrected chi connectivity index (χ1v) is 6.55. The second-order valence-corrected chi connectivity index (χ2v) is 4.87. The molecule has 0 aromatic rings. The number of nitrogens with zero attached hydrogens (tertiary/aromatic N) is 4. The molecule has 0 saturated carbocycles. The van der Waals surface area contributed by atoms with Crippen LogP contribution < -0.4 is 0 Å². The van der Waals surface area contributed by atoms with Gasteiger partial charge in [-0.2, -0.15) is 0 Å². The molecule has 0 aromatic carbocycles. The zero-order valence-electron chi connectivity index (χ0n) is 12.7. The van der Waals surface area contributed by atoms with Gasteiger partial charge < -0.3 is 0 Å². The van der Waals surface area contributed by atoms with Crippen molar-refractivity contribution in [1.29, 1.82) is 0 Å². The largest absolute Gasteiger partial charge is 0.208 e. The van der Waals surface area contributed by atoms with Crippen molar-refractivity contribution in [2.45, 2.75) is 0 Å². The summed E-state index contributed by atoms with van der Waals surface area (Å²) >= 11 is 1.71. The molecule has 0 radical (unpaired) electrons. The molecular formula is C11H24IN4O4+3. The lowest BCUT2D eigenvalue weighted by Crippen LogP contribution is -2.58. The van der Waals surface area contributed by atoms with Crippen LogP contribution in [-0.2, 0) is 18.0 Å². The minimum Gasteiger partial charge on any atom is -0.208 e. The number of hydrogen-bond acceptors (Lipinski definition) is 5. The third-order valence-electron chi connectivity index (χ3n) is 2.07. The summed E-state index contributed by atoms with van der Waals surface area (Å²) in [6.07, 6.45) is 4.40. The summed E-state index contributed by atoms with van der Waals surface area (Å²) in [5.74, 6) is 0. The molecule has 2 atom stereocenters. The minimum atomic E-state index is -0.409. The van der Waals surface area contributed by atoms with E-state index in [1.54, 1.807) is 58.2 Å². The third-order valence-corrected chi connectivity index (χ3v) is 2.85. The summed E-state index contributed by atoms with van der Waals surface area (Å²) in [5, 5.41) is 1.39. The highest BCUT2D eigenvalue weighted by atomic mass is 127. The van der Waals surface area contributed by atoms with E-state index in [9.17, 15) is 0 Å². The normalized spacial score (nSPS) is 17.7. The fraction of sp³-hybridized carbons (Fsp3) is 0.455. The molecule has 0 aliphatic heterocycles. The summed E-state index contributed by atoms with van der Waals surface area (Å²) in [5.41, 5.74) is 0. The van der Waals surface area contributed by atoms with Crippen LogP contribution in [0.25, 0.3) is 0 Å². The van der Waals surface area contributed by atoms with E-state index in [2.05, 4.69) is 19.7 Å². The van der Waals surface area contributed by atoms with Gasteiger partial charge in [-0.05, 0) is 18.1 Å². The van der Waals surface area contributed by atoms with Crippen molar-refractivity contribution in [3.05, 3.63) is 38.3 Å². The quantitative estimate of drug-likeness (QED) is 0.318. The maximum atomic E-state index is 5.72. The lowest BCUT2D eigenvalue weighted by atomic mass is 10.9. The van der Waals surface area contributed by atoms with Gasteiger partial charge in [0.05, 0.1) is 19.5 Å². The van der Waals surface area contributed by atoms with Gasteiger partial charge in [0.15, 0.2) is 35.4 Å². The fourth-order valence-electron chi connectivity index (χ4n) is 1.24. The van der Waals surface area contributed by atoms with Crippen LogP contribution in [0.3, 0.4) is 0 Å². The summed E-state index contributed by atoms with van der Waals surface area (Å²) in [6, 6.07) is 0. The zero-order chi connectivity index (χ0) is 16.0. The van der Waals surface area contributed by atoms with Crippen molar-refractivity contribution in [2.75, 3.05) is 35.2 Å². The first kappa shape index (κ1) is 19.5. The topological polar surface area (TPSA) is 40.2 Å². The molecule has 0 N–H and O–H groups in total. The van der Waals surface area contributed by atoms with Crippen molar-refractivity contribution in [3.8, 4) is 0 Å². The predicted octanol–water partition coefficient (Wildman–Crippen LogP) is 2.14. The Bertz CT molecular complexity index is 368. The Morgan fingerprint density at radius 2 is 1.40 bits per heavy atom. The van der Waals surface area contributed by atoms with E-state index in [1.807, 2.05) is 0 Å². The predicted molar refractivity (Wildman–Crippen MR) is 81.2 cm³/mol. The van der Waals surface area contributed by atoms with Gasteiger partial charge in [0, 0.05) is 18.1 Å². The monoisotopic (exact) mass is 403 g/mol.